The zero-order valence-electron chi connectivity index (χ0n) is 15.1. The van der Waals surface area contributed by atoms with Crippen LogP contribution in [-0.4, -0.2) is 48.5 Å². The molecule has 7 heteroatoms. The van der Waals surface area contributed by atoms with E-state index >= 15 is 0 Å². The summed E-state index contributed by atoms with van der Waals surface area (Å²) in [7, 11) is 0. The first-order chi connectivity index (χ1) is 13.1. The zero-order chi connectivity index (χ0) is 19.1. The second kappa shape index (κ2) is 9.75. The Morgan fingerprint density at radius 2 is 2.11 bits per heavy atom. The van der Waals surface area contributed by atoms with E-state index < -0.39 is 0 Å². The Morgan fingerprint density at radius 3 is 2.89 bits per heavy atom. The molecule has 2 heterocycles. The molecule has 5 nitrogen and oxygen atoms in total. The lowest BCUT2D eigenvalue weighted by Crippen LogP contribution is -2.33. The van der Waals surface area contributed by atoms with Gasteiger partial charge in [-0.2, -0.15) is 5.26 Å². The second-order valence-electron chi connectivity index (χ2n) is 6.45. The van der Waals surface area contributed by atoms with Crippen LogP contribution in [0, 0.1) is 11.3 Å². The molecule has 1 aromatic heterocycles. The standard InChI is InChI=1S/C20H22ClN3O2S/c21-19-6-5-18(27-19)15-24-11-10-23(9-7-20(24)25)8-2-12-26-17-4-1-3-16(13-17)14-22/h1,3-6,13H,2,7-12,15H2. The molecule has 1 aliphatic rings. The number of thiophene rings is 1. The van der Waals surface area contributed by atoms with Crippen LogP contribution in [0.2, 0.25) is 4.34 Å². The molecular formula is C20H22ClN3O2S. The number of nitriles is 1. The van der Waals surface area contributed by atoms with E-state index in [-0.39, 0.29) is 5.91 Å². The molecule has 0 saturated carbocycles. The number of ether oxygens (including phenoxy) is 1. The summed E-state index contributed by atoms with van der Waals surface area (Å²) >= 11 is 7.51. The summed E-state index contributed by atoms with van der Waals surface area (Å²) in [5.41, 5.74) is 0.602. The molecular weight excluding hydrogens is 382 g/mol. The van der Waals surface area contributed by atoms with Crippen LogP contribution in [0.1, 0.15) is 23.3 Å². The Morgan fingerprint density at radius 1 is 1.22 bits per heavy atom. The minimum Gasteiger partial charge on any atom is -0.494 e. The zero-order valence-corrected chi connectivity index (χ0v) is 16.6. The third kappa shape index (κ3) is 5.96. The second-order valence-corrected chi connectivity index (χ2v) is 8.25. The first kappa shape index (κ1) is 19.7. The summed E-state index contributed by atoms with van der Waals surface area (Å²) in [6.45, 7) is 4.52. The Hall–Kier alpha value is -2.07. The molecule has 0 atom stereocenters. The van der Waals surface area contributed by atoms with Crippen molar-refractivity contribution in [1.29, 1.82) is 5.26 Å². The molecule has 0 N–H and O–H groups in total. The topological polar surface area (TPSA) is 56.6 Å². The van der Waals surface area contributed by atoms with E-state index in [2.05, 4.69) is 11.0 Å². The van der Waals surface area contributed by atoms with Crippen LogP contribution in [-0.2, 0) is 11.3 Å². The van der Waals surface area contributed by atoms with Gasteiger partial charge < -0.3 is 14.5 Å². The van der Waals surface area contributed by atoms with Crippen molar-refractivity contribution < 1.29 is 9.53 Å². The van der Waals surface area contributed by atoms with Crippen molar-refractivity contribution in [3.8, 4) is 11.8 Å². The summed E-state index contributed by atoms with van der Waals surface area (Å²) in [5.74, 6) is 0.924. The minimum atomic E-state index is 0.201. The molecule has 0 aliphatic carbocycles. The van der Waals surface area contributed by atoms with Gasteiger partial charge in [-0.15, -0.1) is 11.3 Å². The highest BCUT2D eigenvalue weighted by molar-refractivity contribution is 7.16. The average Bonchev–Trinajstić information content (AvgIpc) is 3.01. The van der Waals surface area contributed by atoms with Gasteiger partial charge in [-0.3, -0.25) is 4.79 Å². The normalized spacial score (nSPS) is 15.4. The smallest absolute Gasteiger partial charge is 0.224 e. The fourth-order valence-corrected chi connectivity index (χ4v) is 4.16. The maximum absolute atomic E-state index is 12.4. The van der Waals surface area contributed by atoms with E-state index in [4.69, 9.17) is 21.6 Å². The largest absolute Gasteiger partial charge is 0.494 e. The summed E-state index contributed by atoms with van der Waals surface area (Å²) in [6.07, 6.45) is 1.43. The number of hydrogen-bond donors (Lipinski definition) is 0. The third-order valence-corrected chi connectivity index (χ3v) is 5.72. The Labute approximate surface area is 168 Å². The number of halogens is 1. The Bertz CT molecular complexity index is 818. The first-order valence-electron chi connectivity index (χ1n) is 9.01. The van der Waals surface area contributed by atoms with Crippen molar-refractivity contribution >= 4 is 28.8 Å². The Balaban J connectivity index is 1.41. The molecule has 27 heavy (non-hydrogen) atoms. The van der Waals surface area contributed by atoms with Crippen LogP contribution < -0.4 is 4.74 Å². The molecule has 0 radical (unpaired) electrons. The maximum Gasteiger partial charge on any atom is 0.224 e. The predicted octanol–water partition coefficient (Wildman–Crippen LogP) is 3.78. The van der Waals surface area contributed by atoms with Crippen LogP contribution >= 0.6 is 22.9 Å². The van der Waals surface area contributed by atoms with E-state index in [0.29, 0.717) is 25.1 Å². The van der Waals surface area contributed by atoms with Crippen LogP contribution in [0.25, 0.3) is 0 Å². The fraction of sp³-hybridized carbons (Fsp3) is 0.400. The van der Waals surface area contributed by atoms with Gasteiger partial charge in [-0.1, -0.05) is 17.7 Å². The highest BCUT2D eigenvalue weighted by Gasteiger charge is 2.21. The summed E-state index contributed by atoms with van der Waals surface area (Å²) in [4.78, 5) is 17.7. The van der Waals surface area contributed by atoms with Crippen LogP contribution in [0.4, 0.5) is 0 Å². The van der Waals surface area contributed by atoms with Crippen LogP contribution in [0.3, 0.4) is 0 Å². The molecule has 0 bridgehead atoms. The van der Waals surface area contributed by atoms with Crippen LogP contribution in [0.5, 0.6) is 5.75 Å². The summed E-state index contributed by atoms with van der Waals surface area (Å²) in [6, 6.07) is 13.2. The highest BCUT2D eigenvalue weighted by atomic mass is 35.5. The van der Waals surface area contributed by atoms with Crippen molar-refractivity contribution in [2.45, 2.75) is 19.4 Å². The van der Waals surface area contributed by atoms with E-state index in [9.17, 15) is 4.79 Å². The van der Waals surface area contributed by atoms with Gasteiger partial charge >= 0.3 is 0 Å². The number of benzene rings is 1. The van der Waals surface area contributed by atoms with Crippen molar-refractivity contribution in [1.82, 2.24) is 9.80 Å². The molecule has 1 aliphatic heterocycles. The number of amides is 1. The number of hydrogen-bond acceptors (Lipinski definition) is 5. The molecule has 1 aromatic carbocycles. The molecule has 1 amide bonds. The maximum atomic E-state index is 12.4. The number of rotatable bonds is 7. The monoisotopic (exact) mass is 403 g/mol. The van der Waals surface area contributed by atoms with Crippen molar-refractivity contribution in [2.24, 2.45) is 0 Å². The van der Waals surface area contributed by atoms with Crippen molar-refractivity contribution in [3.63, 3.8) is 0 Å². The lowest BCUT2D eigenvalue weighted by molar-refractivity contribution is -0.130. The third-order valence-electron chi connectivity index (χ3n) is 4.51. The molecule has 0 spiro atoms. The minimum absolute atomic E-state index is 0.201. The van der Waals surface area contributed by atoms with Gasteiger partial charge in [-0.05, 0) is 36.8 Å². The number of carbonyl (C=O) groups excluding carboxylic acids is 1. The number of nitrogens with zero attached hydrogens (tertiary/aromatic N) is 3. The lowest BCUT2D eigenvalue weighted by Gasteiger charge is -2.21. The van der Waals surface area contributed by atoms with Crippen molar-refractivity contribution in [3.05, 3.63) is 51.2 Å². The van der Waals surface area contributed by atoms with Gasteiger partial charge in [0, 0.05) is 37.5 Å². The molecule has 3 rings (SSSR count). The molecule has 142 valence electrons. The van der Waals surface area contributed by atoms with Gasteiger partial charge in [0.05, 0.1) is 29.1 Å². The van der Waals surface area contributed by atoms with Crippen molar-refractivity contribution in [2.75, 3.05) is 32.8 Å². The molecule has 1 fully saturated rings. The van der Waals surface area contributed by atoms with Gasteiger partial charge in [0.15, 0.2) is 0 Å². The summed E-state index contributed by atoms with van der Waals surface area (Å²) in [5, 5.41) is 8.92. The molecule has 1 saturated heterocycles. The van der Waals surface area contributed by atoms with E-state index in [1.165, 1.54) is 11.3 Å². The quantitative estimate of drug-likeness (QED) is 0.660. The fourth-order valence-electron chi connectivity index (χ4n) is 3.06. The number of carbonyl (C=O) groups is 1. The first-order valence-corrected chi connectivity index (χ1v) is 10.2. The van der Waals surface area contributed by atoms with Gasteiger partial charge in [0.25, 0.3) is 0 Å². The summed E-state index contributed by atoms with van der Waals surface area (Å²) < 4.78 is 6.49. The lowest BCUT2D eigenvalue weighted by atomic mass is 10.2. The predicted molar refractivity (Wildman–Crippen MR) is 107 cm³/mol. The van der Waals surface area contributed by atoms with Gasteiger partial charge in [-0.25, -0.2) is 0 Å². The van der Waals surface area contributed by atoms with Gasteiger partial charge in [0.2, 0.25) is 5.91 Å². The Kier molecular flexibility index (Phi) is 7.11. The highest BCUT2D eigenvalue weighted by Crippen LogP contribution is 2.23. The van der Waals surface area contributed by atoms with Crippen LogP contribution in [0.15, 0.2) is 36.4 Å². The molecule has 2 aromatic rings. The van der Waals surface area contributed by atoms with E-state index in [1.54, 1.807) is 12.1 Å². The molecule has 0 unspecified atom stereocenters. The van der Waals surface area contributed by atoms with E-state index in [1.807, 2.05) is 29.2 Å². The van der Waals surface area contributed by atoms with Gasteiger partial charge in [0.1, 0.15) is 5.75 Å². The van der Waals surface area contributed by atoms with E-state index in [0.717, 1.165) is 47.6 Å². The average molecular weight is 404 g/mol. The SMILES string of the molecule is N#Cc1cccc(OCCCN2CCC(=O)N(Cc3ccc(Cl)s3)CC2)c1.